The highest BCUT2D eigenvalue weighted by Gasteiger charge is 2.19. The van der Waals surface area contributed by atoms with E-state index in [9.17, 15) is 5.11 Å². The van der Waals surface area contributed by atoms with E-state index in [0.29, 0.717) is 19.6 Å². The highest BCUT2D eigenvalue weighted by molar-refractivity contribution is 5.42. The lowest BCUT2D eigenvalue weighted by Crippen LogP contribution is -2.13. The van der Waals surface area contributed by atoms with Crippen LogP contribution in [0.2, 0.25) is 0 Å². The quantitative estimate of drug-likeness (QED) is 0.781. The zero-order valence-corrected chi connectivity index (χ0v) is 8.19. The Morgan fingerprint density at radius 2 is 2.43 bits per heavy atom. The van der Waals surface area contributed by atoms with E-state index in [2.05, 4.69) is 0 Å². The molecule has 1 atom stereocenters. The first-order valence-corrected chi connectivity index (χ1v) is 4.89. The van der Waals surface area contributed by atoms with Crippen LogP contribution in [0.3, 0.4) is 0 Å². The maximum absolute atomic E-state index is 9.72. The molecule has 0 saturated carbocycles. The molecular formula is C11H14O3. The summed E-state index contributed by atoms with van der Waals surface area (Å²) >= 11 is 0. The standard InChI is InChI=1S/C11H14O3/c1-2-13-8-3-4-11-9(7-8)10(12)5-6-14-11/h3-4,7,10,12H,2,5-6H2,1H3. The Morgan fingerprint density at radius 3 is 3.21 bits per heavy atom. The molecule has 76 valence electrons. The van der Waals surface area contributed by atoms with E-state index >= 15 is 0 Å². The van der Waals surface area contributed by atoms with Gasteiger partial charge in [-0.1, -0.05) is 0 Å². The van der Waals surface area contributed by atoms with Gasteiger partial charge in [0.2, 0.25) is 0 Å². The van der Waals surface area contributed by atoms with Crippen LogP contribution >= 0.6 is 0 Å². The number of benzene rings is 1. The van der Waals surface area contributed by atoms with E-state index < -0.39 is 6.10 Å². The van der Waals surface area contributed by atoms with Crippen LogP contribution < -0.4 is 9.47 Å². The molecule has 3 heteroatoms. The molecule has 0 bridgehead atoms. The van der Waals surface area contributed by atoms with Crippen LogP contribution in [0.25, 0.3) is 0 Å². The van der Waals surface area contributed by atoms with E-state index in [1.165, 1.54) is 0 Å². The maximum Gasteiger partial charge on any atom is 0.125 e. The fourth-order valence-electron chi connectivity index (χ4n) is 1.61. The SMILES string of the molecule is CCOc1ccc2c(c1)C(O)CCO2. The van der Waals surface area contributed by atoms with Crippen molar-refractivity contribution in [3.63, 3.8) is 0 Å². The second kappa shape index (κ2) is 3.88. The molecule has 0 aromatic heterocycles. The van der Waals surface area contributed by atoms with Gasteiger partial charge in [0.25, 0.3) is 0 Å². The first kappa shape index (κ1) is 9.34. The summed E-state index contributed by atoms with van der Waals surface area (Å²) in [5.41, 5.74) is 0.835. The van der Waals surface area contributed by atoms with Crippen molar-refractivity contribution in [1.82, 2.24) is 0 Å². The summed E-state index contributed by atoms with van der Waals surface area (Å²) in [7, 11) is 0. The van der Waals surface area contributed by atoms with Gasteiger partial charge in [-0.05, 0) is 25.1 Å². The minimum Gasteiger partial charge on any atom is -0.494 e. The van der Waals surface area contributed by atoms with Gasteiger partial charge in [-0.3, -0.25) is 0 Å². The molecule has 0 saturated heterocycles. The molecule has 1 aromatic carbocycles. The summed E-state index contributed by atoms with van der Waals surface area (Å²) in [6.07, 6.45) is 0.238. The number of hydrogen-bond donors (Lipinski definition) is 1. The summed E-state index contributed by atoms with van der Waals surface area (Å²) < 4.78 is 10.8. The third kappa shape index (κ3) is 1.68. The van der Waals surface area contributed by atoms with Crippen molar-refractivity contribution in [3.05, 3.63) is 23.8 Å². The molecule has 1 N–H and O–H groups in total. The smallest absolute Gasteiger partial charge is 0.125 e. The van der Waals surface area contributed by atoms with Gasteiger partial charge in [-0.25, -0.2) is 0 Å². The minimum absolute atomic E-state index is 0.417. The second-order valence-electron chi connectivity index (χ2n) is 3.29. The van der Waals surface area contributed by atoms with Crippen LogP contribution in [-0.4, -0.2) is 18.3 Å². The minimum atomic E-state index is -0.417. The maximum atomic E-state index is 9.72. The van der Waals surface area contributed by atoms with E-state index in [-0.39, 0.29) is 0 Å². The molecular weight excluding hydrogens is 180 g/mol. The van der Waals surface area contributed by atoms with Crippen molar-refractivity contribution in [1.29, 1.82) is 0 Å². The van der Waals surface area contributed by atoms with Crippen LogP contribution in [0.5, 0.6) is 11.5 Å². The van der Waals surface area contributed by atoms with Crippen LogP contribution in [0, 0.1) is 0 Å². The normalized spacial score (nSPS) is 19.7. The van der Waals surface area contributed by atoms with Crippen LogP contribution in [0.15, 0.2) is 18.2 Å². The van der Waals surface area contributed by atoms with Crippen molar-refractivity contribution in [2.75, 3.05) is 13.2 Å². The van der Waals surface area contributed by atoms with Crippen molar-refractivity contribution in [2.24, 2.45) is 0 Å². The molecule has 1 heterocycles. The van der Waals surface area contributed by atoms with E-state index in [4.69, 9.17) is 9.47 Å². The van der Waals surface area contributed by atoms with Gasteiger partial charge < -0.3 is 14.6 Å². The summed E-state index contributed by atoms with van der Waals surface area (Å²) in [5.74, 6) is 1.56. The average Bonchev–Trinajstić information content (AvgIpc) is 2.20. The Labute approximate surface area is 83.3 Å². The fraction of sp³-hybridized carbons (Fsp3) is 0.455. The first-order chi connectivity index (χ1) is 6.81. The monoisotopic (exact) mass is 194 g/mol. The molecule has 0 aliphatic carbocycles. The topological polar surface area (TPSA) is 38.7 Å². The number of fused-ring (bicyclic) bond motifs is 1. The Bertz CT molecular complexity index is 322. The van der Waals surface area contributed by atoms with Crippen LogP contribution in [-0.2, 0) is 0 Å². The molecule has 1 unspecified atom stereocenters. The zero-order valence-electron chi connectivity index (χ0n) is 8.19. The third-order valence-electron chi connectivity index (χ3n) is 2.30. The number of rotatable bonds is 2. The Hall–Kier alpha value is -1.22. The van der Waals surface area contributed by atoms with Crippen molar-refractivity contribution in [3.8, 4) is 11.5 Å². The average molecular weight is 194 g/mol. The Balaban J connectivity index is 2.31. The number of ether oxygens (including phenoxy) is 2. The molecule has 0 spiro atoms. The fourth-order valence-corrected chi connectivity index (χ4v) is 1.61. The van der Waals surface area contributed by atoms with Crippen LogP contribution in [0.1, 0.15) is 25.0 Å². The van der Waals surface area contributed by atoms with Crippen molar-refractivity contribution in [2.45, 2.75) is 19.4 Å². The van der Waals surface area contributed by atoms with Gasteiger partial charge in [0, 0.05) is 12.0 Å². The van der Waals surface area contributed by atoms with Gasteiger partial charge in [0.1, 0.15) is 11.5 Å². The number of aliphatic hydroxyl groups is 1. The molecule has 14 heavy (non-hydrogen) atoms. The van der Waals surface area contributed by atoms with Gasteiger partial charge in [-0.15, -0.1) is 0 Å². The van der Waals surface area contributed by atoms with E-state index in [1.807, 2.05) is 25.1 Å². The van der Waals surface area contributed by atoms with Gasteiger partial charge in [0.15, 0.2) is 0 Å². The molecule has 3 nitrogen and oxygen atoms in total. The molecule has 2 rings (SSSR count). The van der Waals surface area contributed by atoms with Gasteiger partial charge in [-0.2, -0.15) is 0 Å². The number of hydrogen-bond acceptors (Lipinski definition) is 3. The second-order valence-corrected chi connectivity index (χ2v) is 3.29. The number of aliphatic hydroxyl groups excluding tert-OH is 1. The van der Waals surface area contributed by atoms with Gasteiger partial charge >= 0.3 is 0 Å². The zero-order chi connectivity index (χ0) is 9.97. The molecule has 1 aliphatic heterocycles. The largest absolute Gasteiger partial charge is 0.494 e. The van der Waals surface area contributed by atoms with E-state index in [0.717, 1.165) is 17.1 Å². The van der Waals surface area contributed by atoms with Gasteiger partial charge in [0.05, 0.1) is 19.3 Å². The Morgan fingerprint density at radius 1 is 1.57 bits per heavy atom. The van der Waals surface area contributed by atoms with E-state index in [1.54, 1.807) is 0 Å². The summed E-state index contributed by atoms with van der Waals surface area (Å²) in [4.78, 5) is 0. The molecule has 1 aliphatic rings. The summed E-state index contributed by atoms with van der Waals surface area (Å²) in [6, 6.07) is 5.56. The lowest BCUT2D eigenvalue weighted by Gasteiger charge is -2.22. The highest BCUT2D eigenvalue weighted by atomic mass is 16.5. The highest BCUT2D eigenvalue weighted by Crippen LogP contribution is 2.34. The summed E-state index contributed by atoms with van der Waals surface area (Å²) in [6.45, 7) is 3.16. The lowest BCUT2D eigenvalue weighted by atomic mass is 10.0. The Kier molecular flexibility index (Phi) is 2.59. The molecule has 1 aromatic rings. The first-order valence-electron chi connectivity index (χ1n) is 4.89. The molecule has 0 fully saturated rings. The summed E-state index contributed by atoms with van der Waals surface area (Å²) in [5, 5.41) is 9.72. The van der Waals surface area contributed by atoms with Crippen molar-refractivity contribution >= 4 is 0 Å². The lowest BCUT2D eigenvalue weighted by molar-refractivity contribution is 0.115. The third-order valence-corrected chi connectivity index (χ3v) is 2.30. The molecule has 0 amide bonds. The predicted octanol–water partition coefficient (Wildman–Crippen LogP) is 1.90. The van der Waals surface area contributed by atoms with Crippen molar-refractivity contribution < 1.29 is 14.6 Å². The molecule has 0 radical (unpaired) electrons. The predicted molar refractivity (Wildman–Crippen MR) is 52.7 cm³/mol. The van der Waals surface area contributed by atoms with Crippen LogP contribution in [0.4, 0.5) is 0 Å².